The van der Waals surface area contributed by atoms with Gasteiger partial charge in [0.15, 0.2) is 0 Å². The molecule has 0 unspecified atom stereocenters. The van der Waals surface area contributed by atoms with Gasteiger partial charge in [0.05, 0.1) is 16.3 Å². The molecule has 0 aliphatic carbocycles. The Morgan fingerprint density at radius 1 is 0.969 bits per heavy atom. The molecule has 0 radical (unpaired) electrons. The van der Waals surface area contributed by atoms with Crippen LogP contribution in [0.25, 0.3) is 6.08 Å². The first-order chi connectivity index (χ1) is 15.2. The molecule has 0 saturated carbocycles. The van der Waals surface area contributed by atoms with Gasteiger partial charge in [0.1, 0.15) is 0 Å². The summed E-state index contributed by atoms with van der Waals surface area (Å²) in [5, 5.41) is 13.7. The minimum absolute atomic E-state index is 0.148. The van der Waals surface area contributed by atoms with Crippen molar-refractivity contribution in [1.29, 1.82) is 0 Å². The Hall–Kier alpha value is -4.05. The molecule has 0 fully saturated rings. The third kappa shape index (κ3) is 5.35. The number of nitrogens with one attached hydrogen (secondary N) is 2. The number of carbonyl (C=O) groups is 2. The SMILES string of the molecule is CN(C)c1ccc(S(=O)(=O)n2ccc(/C=C/C(=O)Nc3ccccc3NC(=O)O)c2)cc1. The first kappa shape index (κ1) is 22.6. The normalized spacial score (nSPS) is 11.3. The summed E-state index contributed by atoms with van der Waals surface area (Å²) in [6, 6.07) is 14.4. The highest BCUT2D eigenvalue weighted by Gasteiger charge is 2.16. The third-order valence-electron chi connectivity index (χ3n) is 4.47. The quantitative estimate of drug-likeness (QED) is 0.470. The number of amides is 2. The fraction of sp³-hybridized carbons (Fsp3) is 0.0909. The van der Waals surface area contributed by atoms with Crippen LogP contribution < -0.4 is 15.5 Å². The van der Waals surface area contributed by atoms with Gasteiger partial charge in [-0.2, -0.15) is 0 Å². The van der Waals surface area contributed by atoms with Crippen LogP contribution in [0.1, 0.15) is 5.56 Å². The molecule has 9 nitrogen and oxygen atoms in total. The first-order valence-electron chi connectivity index (χ1n) is 9.46. The van der Waals surface area contributed by atoms with Gasteiger partial charge >= 0.3 is 6.09 Å². The topological polar surface area (TPSA) is 121 Å². The summed E-state index contributed by atoms with van der Waals surface area (Å²) >= 11 is 0. The van der Waals surface area contributed by atoms with E-state index in [4.69, 9.17) is 5.11 Å². The average Bonchev–Trinajstić information content (AvgIpc) is 3.23. The fourth-order valence-corrected chi connectivity index (χ4v) is 4.05. The smallest absolute Gasteiger partial charge is 0.409 e. The van der Waals surface area contributed by atoms with Crippen LogP contribution in [0.4, 0.5) is 21.9 Å². The van der Waals surface area contributed by atoms with Gasteiger partial charge in [0.25, 0.3) is 10.0 Å². The number of aromatic nitrogens is 1. The second-order valence-corrected chi connectivity index (χ2v) is 8.81. The molecule has 32 heavy (non-hydrogen) atoms. The van der Waals surface area contributed by atoms with Crippen molar-refractivity contribution in [2.75, 3.05) is 29.6 Å². The Labute approximate surface area is 185 Å². The fourth-order valence-electron chi connectivity index (χ4n) is 2.84. The number of anilines is 3. The molecule has 0 aliphatic rings. The molecule has 1 heterocycles. The van der Waals surface area contributed by atoms with Crippen LogP contribution in [0.5, 0.6) is 0 Å². The maximum absolute atomic E-state index is 12.8. The van der Waals surface area contributed by atoms with Gasteiger partial charge in [0.2, 0.25) is 5.91 Å². The van der Waals surface area contributed by atoms with Crippen molar-refractivity contribution < 1.29 is 23.1 Å². The first-order valence-corrected chi connectivity index (χ1v) is 10.9. The summed E-state index contributed by atoms with van der Waals surface area (Å²) in [5.74, 6) is -0.500. The molecular formula is C22H22N4O5S. The van der Waals surface area contributed by atoms with Crippen molar-refractivity contribution in [3.05, 3.63) is 78.6 Å². The van der Waals surface area contributed by atoms with E-state index in [-0.39, 0.29) is 10.6 Å². The molecule has 3 aromatic rings. The number of hydrogen-bond acceptors (Lipinski definition) is 5. The number of carbonyl (C=O) groups excluding carboxylic acids is 1. The summed E-state index contributed by atoms with van der Waals surface area (Å²) in [6.45, 7) is 0. The van der Waals surface area contributed by atoms with E-state index >= 15 is 0 Å². The molecule has 166 valence electrons. The summed E-state index contributed by atoms with van der Waals surface area (Å²) in [7, 11) is -0.0319. The van der Waals surface area contributed by atoms with E-state index in [0.29, 0.717) is 11.3 Å². The van der Waals surface area contributed by atoms with Gasteiger partial charge in [0, 0.05) is 38.3 Å². The van der Waals surface area contributed by atoms with Gasteiger partial charge in [-0.05, 0) is 54.1 Å². The minimum Gasteiger partial charge on any atom is -0.465 e. The van der Waals surface area contributed by atoms with Crippen LogP contribution in [-0.4, -0.2) is 43.6 Å². The van der Waals surface area contributed by atoms with Crippen molar-refractivity contribution in [1.82, 2.24) is 3.97 Å². The average molecular weight is 455 g/mol. The minimum atomic E-state index is -3.77. The summed E-state index contributed by atoms with van der Waals surface area (Å²) in [4.78, 5) is 25.1. The van der Waals surface area contributed by atoms with E-state index in [2.05, 4.69) is 10.6 Å². The second kappa shape index (κ2) is 9.40. The van der Waals surface area contributed by atoms with Gasteiger partial charge in [-0.25, -0.2) is 17.2 Å². The second-order valence-electron chi connectivity index (χ2n) is 6.97. The van der Waals surface area contributed by atoms with E-state index in [9.17, 15) is 18.0 Å². The monoisotopic (exact) mass is 454 g/mol. The lowest BCUT2D eigenvalue weighted by Gasteiger charge is -2.13. The number of benzene rings is 2. The number of para-hydroxylation sites is 2. The van der Waals surface area contributed by atoms with Crippen molar-refractivity contribution in [3.8, 4) is 0 Å². The molecule has 0 bridgehead atoms. The molecular weight excluding hydrogens is 432 g/mol. The molecule has 0 spiro atoms. The van der Waals surface area contributed by atoms with E-state index in [1.807, 2.05) is 19.0 Å². The van der Waals surface area contributed by atoms with Crippen molar-refractivity contribution in [2.45, 2.75) is 4.90 Å². The number of carboxylic acid groups (broad SMARTS) is 1. The van der Waals surface area contributed by atoms with Crippen molar-refractivity contribution in [3.63, 3.8) is 0 Å². The Bertz CT molecular complexity index is 1260. The van der Waals surface area contributed by atoms with Gasteiger partial charge in [-0.3, -0.25) is 10.1 Å². The highest BCUT2D eigenvalue weighted by Crippen LogP contribution is 2.22. The predicted octanol–water partition coefficient (Wildman–Crippen LogP) is 3.53. The van der Waals surface area contributed by atoms with Gasteiger partial charge in [-0.15, -0.1) is 0 Å². The zero-order chi connectivity index (χ0) is 23.3. The van der Waals surface area contributed by atoms with Crippen LogP contribution in [0.3, 0.4) is 0 Å². The summed E-state index contributed by atoms with van der Waals surface area (Å²) in [6.07, 6.45) is 4.25. The Kier molecular flexibility index (Phi) is 6.64. The van der Waals surface area contributed by atoms with Crippen LogP contribution in [0, 0.1) is 0 Å². The van der Waals surface area contributed by atoms with E-state index in [0.717, 1.165) is 9.66 Å². The largest absolute Gasteiger partial charge is 0.465 e. The zero-order valence-electron chi connectivity index (χ0n) is 17.4. The van der Waals surface area contributed by atoms with E-state index < -0.39 is 22.0 Å². The Morgan fingerprint density at radius 3 is 2.19 bits per heavy atom. The molecule has 2 amide bonds. The Morgan fingerprint density at radius 2 is 1.59 bits per heavy atom. The van der Waals surface area contributed by atoms with E-state index in [1.54, 1.807) is 36.4 Å². The molecule has 1 aromatic heterocycles. The van der Waals surface area contributed by atoms with Crippen molar-refractivity contribution >= 4 is 45.2 Å². The molecule has 0 saturated heterocycles. The van der Waals surface area contributed by atoms with E-state index in [1.165, 1.54) is 42.7 Å². The summed E-state index contributed by atoms with van der Waals surface area (Å²) < 4.78 is 26.7. The standard InChI is InChI=1S/C22H22N4O5S/c1-25(2)17-8-10-18(11-9-17)32(30,31)26-14-13-16(15-26)7-12-21(27)23-19-5-3-4-6-20(19)24-22(28)29/h3-15,24H,1-2H3,(H,23,27)(H,28,29)/b12-7+. The number of hydrogen-bond donors (Lipinski definition) is 3. The molecule has 0 atom stereocenters. The maximum Gasteiger partial charge on any atom is 0.409 e. The third-order valence-corrected chi connectivity index (χ3v) is 6.12. The van der Waals surface area contributed by atoms with Gasteiger partial charge in [-0.1, -0.05) is 12.1 Å². The highest BCUT2D eigenvalue weighted by molar-refractivity contribution is 7.90. The van der Waals surface area contributed by atoms with Crippen LogP contribution in [0.2, 0.25) is 0 Å². The van der Waals surface area contributed by atoms with Crippen LogP contribution >= 0.6 is 0 Å². The molecule has 0 aliphatic heterocycles. The lowest BCUT2D eigenvalue weighted by Crippen LogP contribution is -2.13. The molecule has 2 aromatic carbocycles. The predicted molar refractivity (Wildman–Crippen MR) is 124 cm³/mol. The lowest BCUT2D eigenvalue weighted by atomic mass is 10.2. The highest BCUT2D eigenvalue weighted by atomic mass is 32.2. The number of rotatable bonds is 7. The summed E-state index contributed by atoms with van der Waals surface area (Å²) in [5.41, 5.74) is 1.92. The Balaban J connectivity index is 1.72. The van der Waals surface area contributed by atoms with Crippen LogP contribution in [0.15, 0.2) is 78.0 Å². The molecule has 10 heteroatoms. The molecule has 3 rings (SSSR count). The number of nitrogens with zero attached hydrogens (tertiary/aromatic N) is 2. The maximum atomic E-state index is 12.8. The van der Waals surface area contributed by atoms with Crippen LogP contribution in [-0.2, 0) is 14.8 Å². The molecule has 3 N–H and O–H groups in total. The zero-order valence-corrected chi connectivity index (χ0v) is 18.2. The van der Waals surface area contributed by atoms with Gasteiger partial charge < -0.3 is 15.3 Å². The lowest BCUT2D eigenvalue weighted by molar-refractivity contribution is -0.111. The van der Waals surface area contributed by atoms with Crippen molar-refractivity contribution in [2.24, 2.45) is 0 Å².